The van der Waals surface area contributed by atoms with Gasteiger partial charge in [-0.1, -0.05) is 6.07 Å². The van der Waals surface area contributed by atoms with Gasteiger partial charge in [0.1, 0.15) is 0 Å². The third kappa shape index (κ3) is 1.88. The molecule has 1 aliphatic heterocycles. The SMILES string of the molecule is CC1(C)CSc2ccc(CO)cc2N1. The van der Waals surface area contributed by atoms with Gasteiger partial charge in [-0.15, -0.1) is 11.8 Å². The summed E-state index contributed by atoms with van der Waals surface area (Å²) in [6, 6.07) is 6.09. The summed E-state index contributed by atoms with van der Waals surface area (Å²) in [4.78, 5) is 1.28. The predicted molar refractivity (Wildman–Crippen MR) is 60.8 cm³/mol. The summed E-state index contributed by atoms with van der Waals surface area (Å²) in [6.45, 7) is 4.49. The number of aliphatic hydroxyl groups excluding tert-OH is 1. The second-order valence-electron chi connectivity index (χ2n) is 4.29. The number of fused-ring (bicyclic) bond motifs is 1. The van der Waals surface area contributed by atoms with Crippen LogP contribution >= 0.6 is 11.8 Å². The highest BCUT2D eigenvalue weighted by Gasteiger charge is 2.24. The second-order valence-corrected chi connectivity index (χ2v) is 5.30. The monoisotopic (exact) mass is 209 g/mol. The van der Waals surface area contributed by atoms with Crippen molar-refractivity contribution in [1.29, 1.82) is 0 Å². The number of rotatable bonds is 1. The number of hydrogen-bond donors (Lipinski definition) is 2. The van der Waals surface area contributed by atoms with E-state index in [0.29, 0.717) is 0 Å². The van der Waals surface area contributed by atoms with Crippen LogP contribution in [0.1, 0.15) is 19.4 Å². The molecule has 1 aromatic carbocycles. The van der Waals surface area contributed by atoms with E-state index in [-0.39, 0.29) is 12.1 Å². The van der Waals surface area contributed by atoms with Crippen LogP contribution in [0.5, 0.6) is 0 Å². The van der Waals surface area contributed by atoms with Crippen LogP contribution in [0.3, 0.4) is 0 Å². The molecule has 0 unspecified atom stereocenters. The molecule has 76 valence electrons. The van der Waals surface area contributed by atoms with Gasteiger partial charge in [0, 0.05) is 21.9 Å². The molecule has 3 heteroatoms. The summed E-state index contributed by atoms with van der Waals surface area (Å²) in [6.07, 6.45) is 0. The molecule has 0 aromatic heterocycles. The van der Waals surface area contributed by atoms with Gasteiger partial charge in [-0.05, 0) is 31.5 Å². The topological polar surface area (TPSA) is 32.3 Å². The molecule has 0 radical (unpaired) electrons. The Morgan fingerprint density at radius 2 is 2.29 bits per heavy atom. The maximum absolute atomic E-state index is 9.03. The Balaban J connectivity index is 2.34. The highest BCUT2D eigenvalue weighted by atomic mass is 32.2. The van der Waals surface area contributed by atoms with Crippen molar-refractivity contribution >= 4 is 17.4 Å². The maximum Gasteiger partial charge on any atom is 0.0682 e. The Bertz CT molecular complexity index is 349. The summed E-state index contributed by atoms with van der Waals surface area (Å²) in [7, 11) is 0. The number of aliphatic hydroxyl groups is 1. The average Bonchev–Trinajstić information content (AvgIpc) is 2.15. The molecule has 0 atom stereocenters. The lowest BCUT2D eigenvalue weighted by atomic mass is 10.1. The van der Waals surface area contributed by atoms with Crippen molar-refractivity contribution in [2.75, 3.05) is 11.1 Å². The predicted octanol–water partition coefficient (Wildman–Crippen LogP) is 2.48. The Morgan fingerprint density at radius 1 is 1.50 bits per heavy atom. The van der Waals surface area contributed by atoms with Gasteiger partial charge in [-0.25, -0.2) is 0 Å². The van der Waals surface area contributed by atoms with Gasteiger partial charge in [0.15, 0.2) is 0 Å². The first-order chi connectivity index (χ1) is 6.61. The average molecular weight is 209 g/mol. The van der Waals surface area contributed by atoms with E-state index in [2.05, 4.69) is 25.2 Å². The van der Waals surface area contributed by atoms with Gasteiger partial charge in [0.2, 0.25) is 0 Å². The molecule has 14 heavy (non-hydrogen) atoms. The number of nitrogens with one attached hydrogen (secondary N) is 1. The van der Waals surface area contributed by atoms with E-state index in [0.717, 1.165) is 17.0 Å². The number of benzene rings is 1. The van der Waals surface area contributed by atoms with Gasteiger partial charge >= 0.3 is 0 Å². The normalized spacial score (nSPS) is 18.5. The molecule has 0 saturated heterocycles. The summed E-state index contributed by atoms with van der Waals surface area (Å²) in [5, 5.41) is 12.5. The van der Waals surface area contributed by atoms with Gasteiger partial charge in [-0.3, -0.25) is 0 Å². The molecular formula is C11H15NOS. The molecule has 0 spiro atoms. The van der Waals surface area contributed by atoms with Crippen LogP contribution in [0.25, 0.3) is 0 Å². The molecule has 2 N–H and O–H groups in total. The van der Waals surface area contributed by atoms with E-state index < -0.39 is 0 Å². The number of anilines is 1. The van der Waals surface area contributed by atoms with Crippen molar-refractivity contribution in [3.8, 4) is 0 Å². The minimum Gasteiger partial charge on any atom is -0.392 e. The van der Waals surface area contributed by atoms with Crippen LogP contribution in [0, 0.1) is 0 Å². The van der Waals surface area contributed by atoms with Gasteiger partial charge in [-0.2, -0.15) is 0 Å². The first-order valence-corrected chi connectivity index (χ1v) is 5.74. The van der Waals surface area contributed by atoms with Crippen molar-refractivity contribution in [3.05, 3.63) is 23.8 Å². The Hall–Kier alpha value is -0.670. The van der Waals surface area contributed by atoms with Crippen LogP contribution in [-0.2, 0) is 6.61 Å². The fraction of sp³-hybridized carbons (Fsp3) is 0.455. The fourth-order valence-corrected chi connectivity index (χ4v) is 2.58. The molecule has 1 aromatic rings. The molecular weight excluding hydrogens is 194 g/mol. The van der Waals surface area contributed by atoms with Crippen molar-refractivity contribution < 1.29 is 5.11 Å². The zero-order valence-corrected chi connectivity index (χ0v) is 9.32. The Morgan fingerprint density at radius 3 is 3.00 bits per heavy atom. The standard InChI is InChI=1S/C11H15NOS/c1-11(2)7-14-10-4-3-8(6-13)5-9(10)12-11/h3-5,12-13H,6-7H2,1-2H3. The lowest BCUT2D eigenvalue weighted by Gasteiger charge is -2.33. The molecule has 1 aliphatic rings. The zero-order valence-electron chi connectivity index (χ0n) is 8.50. The lowest BCUT2D eigenvalue weighted by Crippen LogP contribution is -2.36. The van der Waals surface area contributed by atoms with E-state index in [4.69, 9.17) is 5.11 Å². The zero-order chi connectivity index (χ0) is 10.2. The third-order valence-corrected chi connectivity index (χ3v) is 3.82. The maximum atomic E-state index is 9.03. The quantitative estimate of drug-likeness (QED) is 0.745. The van der Waals surface area contributed by atoms with E-state index in [1.807, 2.05) is 23.9 Å². The molecule has 0 aliphatic carbocycles. The van der Waals surface area contributed by atoms with Gasteiger partial charge < -0.3 is 10.4 Å². The lowest BCUT2D eigenvalue weighted by molar-refractivity contribution is 0.282. The molecule has 0 saturated carbocycles. The fourth-order valence-electron chi connectivity index (χ4n) is 1.56. The molecule has 0 bridgehead atoms. The summed E-state index contributed by atoms with van der Waals surface area (Å²) >= 11 is 1.87. The van der Waals surface area contributed by atoms with E-state index >= 15 is 0 Å². The molecule has 2 rings (SSSR count). The highest BCUT2D eigenvalue weighted by molar-refractivity contribution is 7.99. The van der Waals surface area contributed by atoms with Gasteiger partial charge in [0.25, 0.3) is 0 Å². The second kappa shape index (κ2) is 3.48. The van der Waals surface area contributed by atoms with Crippen LogP contribution in [0.4, 0.5) is 5.69 Å². The van der Waals surface area contributed by atoms with Crippen LogP contribution < -0.4 is 5.32 Å². The molecule has 0 amide bonds. The molecule has 2 nitrogen and oxygen atoms in total. The third-order valence-electron chi connectivity index (χ3n) is 2.29. The first kappa shape index (κ1) is 9.87. The largest absolute Gasteiger partial charge is 0.392 e. The smallest absolute Gasteiger partial charge is 0.0682 e. The van der Waals surface area contributed by atoms with Crippen molar-refractivity contribution in [2.24, 2.45) is 0 Å². The van der Waals surface area contributed by atoms with Crippen molar-refractivity contribution in [2.45, 2.75) is 30.9 Å². The minimum absolute atomic E-state index is 0.111. The minimum atomic E-state index is 0.111. The summed E-state index contributed by atoms with van der Waals surface area (Å²) in [5.41, 5.74) is 2.26. The van der Waals surface area contributed by atoms with Crippen LogP contribution in [0.15, 0.2) is 23.1 Å². The Kier molecular flexibility index (Phi) is 2.45. The van der Waals surface area contributed by atoms with Gasteiger partial charge in [0.05, 0.1) is 6.61 Å². The van der Waals surface area contributed by atoms with Crippen LogP contribution in [-0.4, -0.2) is 16.4 Å². The van der Waals surface area contributed by atoms with Crippen molar-refractivity contribution in [3.63, 3.8) is 0 Å². The van der Waals surface area contributed by atoms with Crippen LogP contribution in [0.2, 0.25) is 0 Å². The Labute approximate surface area is 88.7 Å². The summed E-state index contributed by atoms with van der Waals surface area (Å²) < 4.78 is 0. The molecule has 1 heterocycles. The summed E-state index contributed by atoms with van der Waals surface area (Å²) in [5.74, 6) is 1.08. The highest BCUT2D eigenvalue weighted by Crippen LogP contribution is 2.37. The molecule has 0 fully saturated rings. The van der Waals surface area contributed by atoms with E-state index in [1.54, 1.807) is 0 Å². The first-order valence-electron chi connectivity index (χ1n) is 4.75. The van der Waals surface area contributed by atoms with E-state index in [1.165, 1.54) is 4.90 Å². The van der Waals surface area contributed by atoms with Crippen molar-refractivity contribution in [1.82, 2.24) is 0 Å². The number of thioether (sulfide) groups is 1. The number of hydrogen-bond acceptors (Lipinski definition) is 3. The van der Waals surface area contributed by atoms with E-state index in [9.17, 15) is 0 Å².